The largest absolute Gasteiger partial charge is 0.481 e. The van der Waals surface area contributed by atoms with Gasteiger partial charge in [-0.25, -0.2) is 17.5 Å². The lowest BCUT2D eigenvalue weighted by atomic mass is 10.0. The van der Waals surface area contributed by atoms with Gasteiger partial charge in [0.05, 0.1) is 12.6 Å². The first-order valence-electron chi connectivity index (χ1n) is 4.99. The lowest BCUT2D eigenvalue weighted by Crippen LogP contribution is -2.44. The summed E-state index contributed by atoms with van der Waals surface area (Å²) in [6.07, 6.45) is 1.47. The number of nitrogens with one attached hydrogen (secondary N) is 1. The Kier molecular flexibility index (Phi) is 4.02. The molecule has 8 heteroatoms. The molecule has 0 atom stereocenters. The highest BCUT2D eigenvalue weighted by Crippen LogP contribution is 2.15. The Balaban J connectivity index is 2.99. The van der Waals surface area contributed by atoms with Crippen LogP contribution in [0.5, 0.6) is 0 Å². The minimum atomic E-state index is -4.00. The van der Waals surface area contributed by atoms with E-state index in [4.69, 9.17) is 5.11 Å². The maximum atomic E-state index is 12.9. The van der Waals surface area contributed by atoms with Gasteiger partial charge in [0.15, 0.2) is 0 Å². The molecule has 6 nitrogen and oxygen atoms in total. The fourth-order valence-corrected chi connectivity index (χ4v) is 2.76. The molecule has 0 bridgehead atoms. The number of rotatable bonds is 5. The third-order valence-electron chi connectivity index (χ3n) is 1.99. The molecule has 1 rings (SSSR count). The van der Waals surface area contributed by atoms with Crippen LogP contribution in [0.15, 0.2) is 23.4 Å². The van der Waals surface area contributed by atoms with Crippen LogP contribution in [0.4, 0.5) is 4.39 Å². The van der Waals surface area contributed by atoms with E-state index in [1.165, 1.54) is 13.8 Å². The molecule has 0 aliphatic rings. The first kappa shape index (κ1) is 14.5. The molecule has 0 radical (unpaired) electrons. The van der Waals surface area contributed by atoms with Crippen LogP contribution in [0.25, 0.3) is 0 Å². The number of hydrogen-bond donors (Lipinski definition) is 2. The Bertz CT molecular complexity index is 557. The summed E-state index contributed by atoms with van der Waals surface area (Å²) < 4.78 is 38.8. The van der Waals surface area contributed by atoms with Crippen molar-refractivity contribution in [1.82, 2.24) is 9.71 Å². The molecule has 1 heterocycles. The van der Waals surface area contributed by atoms with Crippen molar-refractivity contribution in [1.29, 1.82) is 0 Å². The number of carboxylic acids is 1. The quantitative estimate of drug-likeness (QED) is 0.827. The molecule has 100 valence electrons. The van der Waals surface area contributed by atoms with Gasteiger partial charge in [0.25, 0.3) is 0 Å². The number of halogens is 1. The van der Waals surface area contributed by atoms with E-state index in [1.54, 1.807) is 0 Å². The Labute approximate surface area is 104 Å². The van der Waals surface area contributed by atoms with Crippen LogP contribution in [0.2, 0.25) is 0 Å². The number of nitrogens with zero attached hydrogens (tertiary/aromatic N) is 1. The van der Waals surface area contributed by atoms with Gasteiger partial charge in [-0.3, -0.25) is 9.78 Å². The second-order valence-electron chi connectivity index (χ2n) is 4.40. The second kappa shape index (κ2) is 4.99. The fraction of sp³-hybridized carbons (Fsp3) is 0.400. The van der Waals surface area contributed by atoms with Crippen LogP contribution in [0.3, 0.4) is 0 Å². The highest BCUT2D eigenvalue weighted by atomic mass is 32.2. The van der Waals surface area contributed by atoms with Gasteiger partial charge in [-0.2, -0.15) is 0 Å². The number of pyridine rings is 1. The lowest BCUT2D eigenvalue weighted by molar-refractivity contribution is -0.138. The van der Waals surface area contributed by atoms with E-state index >= 15 is 0 Å². The highest BCUT2D eigenvalue weighted by Gasteiger charge is 2.28. The molecule has 2 N–H and O–H groups in total. The van der Waals surface area contributed by atoms with Gasteiger partial charge < -0.3 is 5.11 Å². The topological polar surface area (TPSA) is 96.4 Å². The van der Waals surface area contributed by atoms with E-state index in [0.717, 1.165) is 18.5 Å². The molecule has 0 unspecified atom stereocenters. The van der Waals surface area contributed by atoms with Crippen molar-refractivity contribution < 1.29 is 22.7 Å². The minimum absolute atomic E-state index is 0.346. The molecule has 0 aliphatic carbocycles. The monoisotopic (exact) mass is 276 g/mol. The number of carbonyl (C=O) groups is 1. The Morgan fingerprint density at radius 2 is 2.11 bits per heavy atom. The average molecular weight is 276 g/mol. The molecule has 18 heavy (non-hydrogen) atoms. The van der Waals surface area contributed by atoms with E-state index in [0.29, 0.717) is 0 Å². The summed E-state index contributed by atoms with van der Waals surface area (Å²) in [4.78, 5) is 13.7. The van der Waals surface area contributed by atoms with Crippen LogP contribution in [0.1, 0.15) is 20.3 Å². The number of hydrogen-bond acceptors (Lipinski definition) is 4. The van der Waals surface area contributed by atoms with Gasteiger partial charge in [0.2, 0.25) is 10.0 Å². The molecule has 0 aliphatic heterocycles. The Morgan fingerprint density at radius 3 is 2.61 bits per heavy atom. The maximum Gasteiger partial charge on any atom is 0.305 e. The molecule has 0 fully saturated rings. The zero-order valence-corrected chi connectivity index (χ0v) is 10.7. The van der Waals surface area contributed by atoms with Crippen LogP contribution >= 0.6 is 0 Å². The molecule has 0 saturated heterocycles. The summed E-state index contributed by atoms with van der Waals surface area (Å²) in [5.74, 6) is -1.92. The number of aromatic nitrogens is 1. The predicted octanol–water partition coefficient (Wildman–Crippen LogP) is 0.752. The average Bonchev–Trinajstić information content (AvgIpc) is 2.13. The van der Waals surface area contributed by atoms with Gasteiger partial charge in [0, 0.05) is 11.7 Å². The Morgan fingerprint density at radius 1 is 1.50 bits per heavy atom. The van der Waals surface area contributed by atoms with E-state index in [9.17, 15) is 17.6 Å². The molecule has 1 aromatic rings. The zero-order valence-electron chi connectivity index (χ0n) is 9.84. The third kappa shape index (κ3) is 4.04. The first-order valence-corrected chi connectivity index (χ1v) is 6.47. The molecule has 0 saturated carbocycles. The number of aliphatic carboxylic acids is 1. The predicted molar refractivity (Wildman–Crippen MR) is 60.8 cm³/mol. The summed E-state index contributed by atoms with van der Waals surface area (Å²) in [6.45, 7) is 2.84. The molecule has 1 aromatic heterocycles. The molecule has 0 spiro atoms. The smallest absolute Gasteiger partial charge is 0.305 e. The summed E-state index contributed by atoms with van der Waals surface area (Å²) in [5.41, 5.74) is -1.18. The van der Waals surface area contributed by atoms with Gasteiger partial charge in [-0.15, -0.1) is 0 Å². The second-order valence-corrected chi connectivity index (χ2v) is 6.08. The van der Waals surface area contributed by atoms with Crippen molar-refractivity contribution in [3.05, 3.63) is 24.3 Å². The minimum Gasteiger partial charge on any atom is -0.481 e. The van der Waals surface area contributed by atoms with Gasteiger partial charge in [0.1, 0.15) is 10.7 Å². The van der Waals surface area contributed by atoms with Crippen LogP contribution < -0.4 is 4.72 Å². The maximum absolute atomic E-state index is 12.9. The van der Waals surface area contributed by atoms with E-state index in [1.807, 2.05) is 0 Å². The van der Waals surface area contributed by atoms with Crippen molar-refractivity contribution in [2.45, 2.75) is 30.7 Å². The van der Waals surface area contributed by atoms with E-state index < -0.39 is 33.8 Å². The Hall–Kier alpha value is -1.54. The van der Waals surface area contributed by atoms with Crippen molar-refractivity contribution in [2.75, 3.05) is 0 Å². The van der Waals surface area contributed by atoms with E-state index in [2.05, 4.69) is 9.71 Å². The summed E-state index contributed by atoms with van der Waals surface area (Å²) in [6, 6.07) is 0.812. The number of carboxylic acid groups (broad SMARTS) is 1. The normalized spacial score (nSPS) is 12.4. The van der Waals surface area contributed by atoms with Crippen LogP contribution in [0, 0.1) is 5.82 Å². The highest BCUT2D eigenvalue weighted by molar-refractivity contribution is 7.89. The summed E-state index contributed by atoms with van der Waals surface area (Å²) in [5, 5.41) is 8.65. The van der Waals surface area contributed by atoms with Crippen LogP contribution in [-0.4, -0.2) is 30.0 Å². The molecular formula is C10H13FN2O4S. The van der Waals surface area contributed by atoms with Crippen molar-refractivity contribution in [2.24, 2.45) is 0 Å². The van der Waals surface area contributed by atoms with Crippen molar-refractivity contribution in [3.63, 3.8) is 0 Å². The van der Waals surface area contributed by atoms with Gasteiger partial charge >= 0.3 is 5.97 Å². The van der Waals surface area contributed by atoms with Crippen molar-refractivity contribution in [3.8, 4) is 0 Å². The first-order chi connectivity index (χ1) is 8.12. The zero-order chi connectivity index (χ0) is 14.0. The molecule has 0 amide bonds. The lowest BCUT2D eigenvalue weighted by Gasteiger charge is -2.23. The van der Waals surface area contributed by atoms with Crippen molar-refractivity contribution >= 4 is 16.0 Å². The van der Waals surface area contributed by atoms with E-state index in [-0.39, 0.29) is 4.90 Å². The van der Waals surface area contributed by atoms with Gasteiger partial charge in [-0.05, 0) is 19.9 Å². The van der Waals surface area contributed by atoms with Crippen LogP contribution in [-0.2, 0) is 14.8 Å². The van der Waals surface area contributed by atoms with Gasteiger partial charge in [-0.1, -0.05) is 0 Å². The molecular weight excluding hydrogens is 263 g/mol. The fourth-order valence-electron chi connectivity index (χ4n) is 1.38. The summed E-state index contributed by atoms with van der Waals surface area (Å²) >= 11 is 0. The summed E-state index contributed by atoms with van der Waals surface area (Å²) in [7, 11) is -4.00. The third-order valence-corrected chi connectivity index (χ3v) is 3.66. The standard InChI is InChI=1S/C10H13FN2O4S/c1-10(2,4-9(14)15)13-18(16,17)8-3-7(11)5-12-6-8/h3,5-6,13H,4H2,1-2H3,(H,14,15). The SMILES string of the molecule is CC(C)(CC(=O)O)NS(=O)(=O)c1cncc(F)c1. The number of sulfonamides is 1. The molecule has 0 aromatic carbocycles.